The van der Waals surface area contributed by atoms with Crippen molar-refractivity contribution in [1.82, 2.24) is 0 Å². The van der Waals surface area contributed by atoms with Crippen molar-refractivity contribution < 1.29 is 27.7 Å². The molecule has 0 aliphatic rings. The first-order valence-corrected chi connectivity index (χ1v) is 3.48. The largest absolute Gasteiger partial charge is 2.00 e. The molecule has 0 bridgehead atoms. The van der Waals surface area contributed by atoms with Crippen LogP contribution in [0.5, 0.6) is 0 Å². The number of rotatable bonds is 1. The maximum Gasteiger partial charge on any atom is 2.00 e. The molecular weight excluding hydrogens is 332 g/mol. The van der Waals surface area contributed by atoms with Crippen LogP contribution in [0, 0.1) is 6.92 Å². The molecule has 1 aromatic rings. The number of hydrogen-bond acceptors (Lipinski definition) is 0. The summed E-state index contributed by atoms with van der Waals surface area (Å²) in [5, 5.41) is 0. The van der Waals surface area contributed by atoms with Gasteiger partial charge in [0.15, 0.2) is 0 Å². The van der Waals surface area contributed by atoms with Gasteiger partial charge in [0.1, 0.15) is 0 Å². The van der Waals surface area contributed by atoms with E-state index in [2.05, 4.69) is 19.1 Å². The monoisotopic (exact) mass is 342 g/mol. The van der Waals surface area contributed by atoms with Crippen molar-refractivity contribution in [1.29, 1.82) is 0 Å². The number of benzene rings is 1. The Labute approximate surface area is 87.1 Å². The van der Waals surface area contributed by atoms with Gasteiger partial charge in [-0.3, -0.25) is 0 Å². The van der Waals surface area contributed by atoms with Crippen molar-refractivity contribution in [2.75, 3.05) is 0 Å². The zero-order valence-corrected chi connectivity index (χ0v) is 12.4. The Morgan fingerprint density at radius 3 is 2.50 bits per heavy atom. The van der Waals surface area contributed by atoms with E-state index in [4.69, 9.17) is 11.6 Å². The fourth-order valence-electron chi connectivity index (χ4n) is 0.795. The van der Waals surface area contributed by atoms with Crippen LogP contribution in [0.2, 0.25) is 0 Å². The average molecular weight is 341 g/mol. The molecule has 0 radical (unpaired) electrons. The zero-order chi connectivity index (χ0) is 6.69. The van der Waals surface area contributed by atoms with Crippen molar-refractivity contribution in [2.24, 2.45) is 0 Å². The van der Waals surface area contributed by atoms with Gasteiger partial charge in [0.05, 0.1) is 0 Å². The summed E-state index contributed by atoms with van der Waals surface area (Å²) in [5.41, 5.74) is 2.46. The molecule has 0 aliphatic heterocycles. The minimum Gasteiger partial charge on any atom is -0.122 e. The van der Waals surface area contributed by atoms with Crippen molar-refractivity contribution in [3.63, 3.8) is 0 Å². The summed E-state index contributed by atoms with van der Waals surface area (Å²) in [6.45, 7) is 2.07. The van der Waals surface area contributed by atoms with Crippen LogP contribution >= 0.6 is 11.6 Å². The summed E-state index contributed by atoms with van der Waals surface area (Å²) in [4.78, 5) is 0. The van der Waals surface area contributed by atoms with Crippen LogP contribution in [0.3, 0.4) is 0 Å². The van der Waals surface area contributed by atoms with E-state index in [1.807, 2.05) is 12.1 Å². The van der Waals surface area contributed by atoms with Crippen LogP contribution in [0.15, 0.2) is 24.3 Å². The van der Waals surface area contributed by atoms with Gasteiger partial charge in [-0.05, 0) is 12.5 Å². The molecule has 0 amide bonds. The predicted molar refractivity (Wildman–Crippen MR) is 40.7 cm³/mol. The van der Waals surface area contributed by atoms with E-state index in [9.17, 15) is 0 Å². The number of aryl methyl sites for hydroxylation is 1. The van der Waals surface area contributed by atoms with E-state index >= 15 is 0 Å². The number of hydrogen-bond donors (Lipinski definition) is 0. The standard InChI is InChI=1S/C8H9Cl.Hg/c1-7-3-2-4-8(5-7)6-9;/h2-5H,6H2,1H3;/q;+2. The molecule has 2 heteroatoms. The van der Waals surface area contributed by atoms with Crippen molar-refractivity contribution in [3.8, 4) is 0 Å². The molecule has 48 valence electrons. The maximum absolute atomic E-state index is 5.60. The molecule has 0 saturated carbocycles. The predicted octanol–water partition coefficient (Wildman–Crippen LogP) is 2.73. The average Bonchev–Trinajstić information content (AvgIpc) is 1.88. The molecule has 10 heavy (non-hydrogen) atoms. The van der Waals surface area contributed by atoms with Gasteiger partial charge in [0.25, 0.3) is 0 Å². The Hall–Kier alpha value is 0.445. The molecule has 0 aromatic heterocycles. The van der Waals surface area contributed by atoms with E-state index in [0.717, 1.165) is 0 Å². The van der Waals surface area contributed by atoms with Gasteiger partial charge in [-0.25, -0.2) is 0 Å². The maximum atomic E-state index is 5.60. The smallest absolute Gasteiger partial charge is 0.122 e. The summed E-state index contributed by atoms with van der Waals surface area (Å²) in [5.74, 6) is 0.613. The van der Waals surface area contributed by atoms with Crippen LogP contribution in [0.25, 0.3) is 0 Å². The van der Waals surface area contributed by atoms with E-state index in [-0.39, 0.29) is 27.7 Å². The topological polar surface area (TPSA) is 0 Å². The molecule has 1 aromatic carbocycles. The van der Waals surface area contributed by atoms with Crippen molar-refractivity contribution >= 4 is 11.6 Å². The van der Waals surface area contributed by atoms with Gasteiger partial charge in [-0.1, -0.05) is 29.8 Å². The van der Waals surface area contributed by atoms with Gasteiger partial charge >= 0.3 is 27.7 Å². The molecule has 0 heterocycles. The molecule has 1 rings (SSSR count). The van der Waals surface area contributed by atoms with Gasteiger partial charge in [0, 0.05) is 5.88 Å². The molecule has 0 aliphatic carbocycles. The van der Waals surface area contributed by atoms with E-state index in [1.54, 1.807) is 0 Å². The van der Waals surface area contributed by atoms with E-state index in [1.165, 1.54) is 11.1 Å². The molecule has 0 saturated heterocycles. The fourth-order valence-corrected chi connectivity index (χ4v) is 0.962. The van der Waals surface area contributed by atoms with Crippen LogP contribution in [-0.2, 0) is 33.5 Å². The first kappa shape index (κ1) is 10.4. The third kappa shape index (κ3) is 3.02. The molecule has 0 N–H and O–H groups in total. The Morgan fingerprint density at radius 1 is 1.40 bits per heavy atom. The van der Waals surface area contributed by atoms with Gasteiger partial charge in [-0.2, -0.15) is 0 Å². The third-order valence-electron chi connectivity index (χ3n) is 1.24. The molecule has 0 nitrogen and oxygen atoms in total. The van der Waals surface area contributed by atoms with Gasteiger partial charge < -0.3 is 0 Å². The molecular formula is C8H9ClHg+2. The Kier molecular flexibility index (Phi) is 5.37. The summed E-state index contributed by atoms with van der Waals surface area (Å²) in [6.07, 6.45) is 0. The van der Waals surface area contributed by atoms with E-state index in [0.29, 0.717) is 5.88 Å². The minimum absolute atomic E-state index is 0. The molecule has 0 spiro atoms. The minimum atomic E-state index is 0. The van der Waals surface area contributed by atoms with Gasteiger partial charge in [-0.15, -0.1) is 11.6 Å². The molecule has 0 unspecified atom stereocenters. The van der Waals surface area contributed by atoms with Crippen molar-refractivity contribution in [3.05, 3.63) is 35.4 Å². The molecule has 0 fully saturated rings. The third-order valence-corrected chi connectivity index (χ3v) is 1.55. The van der Waals surface area contributed by atoms with Crippen molar-refractivity contribution in [2.45, 2.75) is 12.8 Å². The quantitative estimate of drug-likeness (QED) is 0.544. The summed E-state index contributed by atoms with van der Waals surface area (Å²) in [7, 11) is 0. The fraction of sp³-hybridized carbons (Fsp3) is 0.250. The Balaban J connectivity index is 0.000000810. The zero-order valence-electron chi connectivity index (χ0n) is 6.10. The molecule has 0 atom stereocenters. The second-order valence-corrected chi connectivity index (χ2v) is 2.39. The van der Waals surface area contributed by atoms with E-state index < -0.39 is 0 Å². The normalized spacial score (nSPS) is 8.60. The van der Waals surface area contributed by atoms with Crippen LogP contribution < -0.4 is 0 Å². The SMILES string of the molecule is Cc1cccc(CCl)c1.[Hg+2]. The first-order chi connectivity index (χ1) is 4.33. The van der Waals surface area contributed by atoms with Crippen LogP contribution in [-0.4, -0.2) is 0 Å². The number of halogens is 1. The van der Waals surface area contributed by atoms with Gasteiger partial charge in [0.2, 0.25) is 0 Å². The Bertz CT molecular complexity index is 198. The Morgan fingerprint density at radius 2 is 2.10 bits per heavy atom. The summed E-state index contributed by atoms with van der Waals surface area (Å²) in [6, 6.07) is 8.20. The summed E-state index contributed by atoms with van der Waals surface area (Å²) < 4.78 is 0. The summed E-state index contributed by atoms with van der Waals surface area (Å²) >= 11 is 5.60. The number of alkyl halides is 1. The first-order valence-electron chi connectivity index (χ1n) is 2.94. The van der Waals surface area contributed by atoms with Crippen LogP contribution in [0.1, 0.15) is 11.1 Å². The van der Waals surface area contributed by atoms with Crippen LogP contribution in [0.4, 0.5) is 0 Å². The second-order valence-electron chi connectivity index (χ2n) is 2.12. The second kappa shape index (κ2) is 5.14.